The summed E-state index contributed by atoms with van der Waals surface area (Å²) in [5, 5.41) is 2.68. The Kier molecular flexibility index (Phi) is 6.76. The molecule has 0 aromatic heterocycles. The molecule has 2 fully saturated rings. The number of rotatable bonds is 6. The molecule has 174 valence electrons. The van der Waals surface area contributed by atoms with Gasteiger partial charge in [0.15, 0.2) is 0 Å². The van der Waals surface area contributed by atoms with Crippen LogP contribution in [-0.2, 0) is 14.4 Å². The first-order valence-electron chi connectivity index (χ1n) is 10.9. The van der Waals surface area contributed by atoms with Crippen LogP contribution in [0.2, 0.25) is 0 Å². The van der Waals surface area contributed by atoms with Crippen molar-refractivity contribution < 1.29 is 23.5 Å². The minimum atomic E-state index is -0.540. The van der Waals surface area contributed by atoms with Crippen LogP contribution in [0.15, 0.2) is 48.5 Å². The summed E-state index contributed by atoms with van der Waals surface area (Å²) in [6.45, 7) is 2.67. The monoisotopic (exact) mass is 454 g/mol. The van der Waals surface area contributed by atoms with Crippen LogP contribution in [0.25, 0.3) is 0 Å². The lowest BCUT2D eigenvalue weighted by Crippen LogP contribution is -2.51. The third-order valence-corrected chi connectivity index (χ3v) is 6.12. The number of benzene rings is 2. The molecule has 0 radical (unpaired) electrons. The molecule has 3 amide bonds. The molecule has 2 aromatic rings. The minimum Gasteiger partial charge on any atom is -0.497 e. The molecular weight excluding hydrogens is 427 g/mol. The van der Waals surface area contributed by atoms with Crippen molar-refractivity contribution in [2.45, 2.75) is 6.42 Å². The van der Waals surface area contributed by atoms with Gasteiger partial charge in [-0.2, -0.15) is 0 Å². The van der Waals surface area contributed by atoms with Crippen LogP contribution in [0, 0.1) is 11.7 Å². The summed E-state index contributed by atoms with van der Waals surface area (Å²) in [5.74, 6) is -0.781. The Labute approximate surface area is 191 Å². The minimum absolute atomic E-state index is 0.0674. The molecule has 0 unspecified atom stereocenters. The fourth-order valence-electron chi connectivity index (χ4n) is 4.18. The van der Waals surface area contributed by atoms with Crippen molar-refractivity contribution in [2.24, 2.45) is 5.92 Å². The Morgan fingerprint density at radius 1 is 1.00 bits per heavy atom. The van der Waals surface area contributed by atoms with E-state index >= 15 is 0 Å². The maximum absolute atomic E-state index is 13.1. The van der Waals surface area contributed by atoms with E-state index in [0.717, 1.165) is 11.4 Å². The van der Waals surface area contributed by atoms with Crippen molar-refractivity contribution in [3.63, 3.8) is 0 Å². The lowest BCUT2D eigenvalue weighted by molar-refractivity contribution is -0.134. The molecule has 0 spiro atoms. The van der Waals surface area contributed by atoms with E-state index in [4.69, 9.17) is 4.74 Å². The molecule has 2 aliphatic rings. The number of amides is 3. The molecule has 0 saturated carbocycles. The number of piperazine rings is 1. The van der Waals surface area contributed by atoms with Crippen LogP contribution >= 0.6 is 0 Å². The molecule has 4 rings (SSSR count). The highest BCUT2D eigenvalue weighted by atomic mass is 19.1. The van der Waals surface area contributed by atoms with E-state index in [0.29, 0.717) is 31.9 Å². The van der Waals surface area contributed by atoms with Gasteiger partial charge in [0.25, 0.3) is 0 Å². The molecule has 0 bridgehead atoms. The Hall–Kier alpha value is -3.62. The first-order chi connectivity index (χ1) is 15.9. The smallest absolute Gasteiger partial charge is 0.242 e. The van der Waals surface area contributed by atoms with Crippen molar-refractivity contribution in [3.05, 3.63) is 54.3 Å². The molecule has 33 heavy (non-hydrogen) atoms. The maximum atomic E-state index is 13.1. The van der Waals surface area contributed by atoms with E-state index in [1.807, 2.05) is 24.3 Å². The quantitative estimate of drug-likeness (QED) is 0.718. The average Bonchev–Trinajstić information content (AvgIpc) is 3.24. The van der Waals surface area contributed by atoms with Gasteiger partial charge < -0.3 is 24.8 Å². The lowest BCUT2D eigenvalue weighted by Gasteiger charge is -2.36. The van der Waals surface area contributed by atoms with E-state index in [2.05, 4.69) is 10.2 Å². The van der Waals surface area contributed by atoms with Crippen molar-refractivity contribution >= 4 is 29.1 Å². The largest absolute Gasteiger partial charge is 0.497 e. The van der Waals surface area contributed by atoms with Gasteiger partial charge in [0.2, 0.25) is 17.7 Å². The molecule has 8 nitrogen and oxygen atoms in total. The second-order valence-electron chi connectivity index (χ2n) is 8.17. The predicted octanol–water partition coefficient (Wildman–Crippen LogP) is 1.65. The summed E-state index contributed by atoms with van der Waals surface area (Å²) in [5.41, 5.74) is 1.63. The Bertz CT molecular complexity index is 1000. The summed E-state index contributed by atoms with van der Waals surface area (Å²) in [6, 6.07) is 13.4. The molecule has 1 atom stereocenters. The zero-order chi connectivity index (χ0) is 23.4. The average molecular weight is 455 g/mol. The van der Waals surface area contributed by atoms with E-state index in [1.165, 1.54) is 29.2 Å². The zero-order valence-corrected chi connectivity index (χ0v) is 18.5. The van der Waals surface area contributed by atoms with Crippen LogP contribution in [0.1, 0.15) is 6.42 Å². The number of carbonyl (C=O) groups excluding carboxylic acids is 3. The summed E-state index contributed by atoms with van der Waals surface area (Å²) in [7, 11) is 1.63. The molecule has 2 saturated heterocycles. The zero-order valence-electron chi connectivity index (χ0n) is 18.5. The predicted molar refractivity (Wildman–Crippen MR) is 122 cm³/mol. The second kappa shape index (κ2) is 9.89. The standard InChI is InChI=1S/C24H27FN4O4/c1-33-21-8-6-19(7-9-21)27-10-12-28(13-11-27)23(31)15-26-24(32)17-14-22(30)29(16-17)20-4-2-18(25)3-5-20/h2-9,17H,10-16H2,1H3,(H,26,32)/t17-/m0/s1. The van der Waals surface area contributed by atoms with Gasteiger partial charge in [-0.3, -0.25) is 14.4 Å². The van der Waals surface area contributed by atoms with Gasteiger partial charge in [0.05, 0.1) is 19.6 Å². The van der Waals surface area contributed by atoms with Crippen molar-refractivity contribution in [1.82, 2.24) is 10.2 Å². The summed E-state index contributed by atoms with van der Waals surface area (Å²) in [6.07, 6.45) is 0.0674. The molecule has 2 aromatic carbocycles. The highest BCUT2D eigenvalue weighted by molar-refractivity contribution is 6.00. The first-order valence-corrected chi connectivity index (χ1v) is 10.9. The number of hydrogen-bond acceptors (Lipinski definition) is 5. The van der Waals surface area contributed by atoms with Crippen LogP contribution in [0.5, 0.6) is 5.75 Å². The highest BCUT2D eigenvalue weighted by Crippen LogP contribution is 2.25. The molecule has 0 aliphatic carbocycles. The van der Waals surface area contributed by atoms with E-state index in [-0.39, 0.29) is 43.0 Å². The van der Waals surface area contributed by atoms with Gasteiger partial charge in [-0.25, -0.2) is 4.39 Å². The molecule has 9 heteroatoms. The van der Waals surface area contributed by atoms with Gasteiger partial charge in [0.1, 0.15) is 11.6 Å². The van der Waals surface area contributed by atoms with E-state index in [1.54, 1.807) is 12.0 Å². The number of nitrogens with zero attached hydrogens (tertiary/aromatic N) is 3. The Balaban J connectivity index is 1.23. The van der Waals surface area contributed by atoms with Gasteiger partial charge in [-0.05, 0) is 48.5 Å². The van der Waals surface area contributed by atoms with Crippen LogP contribution in [0.4, 0.5) is 15.8 Å². The summed E-state index contributed by atoms with van der Waals surface area (Å²) in [4.78, 5) is 42.9. The summed E-state index contributed by atoms with van der Waals surface area (Å²) >= 11 is 0. The van der Waals surface area contributed by atoms with Crippen LogP contribution < -0.4 is 19.9 Å². The molecular formula is C24H27FN4O4. The van der Waals surface area contributed by atoms with Crippen molar-refractivity contribution in [3.8, 4) is 5.75 Å². The van der Waals surface area contributed by atoms with Crippen LogP contribution in [0.3, 0.4) is 0 Å². The number of nitrogens with one attached hydrogen (secondary N) is 1. The highest BCUT2D eigenvalue weighted by Gasteiger charge is 2.35. The van der Waals surface area contributed by atoms with Gasteiger partial charge >= 0.3 is 0 Å². The van der Waals surface area contributed by atoms with Gasteiger partial charge in [-0.1, -0.05) is 0 Å². The number of halogens is 1. The fraction of sp³-hybridized carbons (Fsp3) is 0.375. The van der Waals surface area contributed by atoms with Crippen LogP contribution in [-0.4, -0.2) is 69.0 Å². The van der Waals surface area contributed by atoms with Gasteiger partial charge in [0, 0.05) is 50.5 Å². The second-order valence-corrected chi connectivity index (χ2v) is 8.17. The van der Waals surface area contributed by atoms with E-state index in [9.17, 15) is 18.8 Å². The van der Waals surface area contributed by atoms with E-state index < -0.39 is 5.92 Å². The van der Waals surface area contributed by atoms with Gasteiger partial charge in [-0.15, -0.1) is 0 Å². The number of ether oxygens (including phenoxy) is 1. The number of carbonyl (C=O) groups is 3. The Morgan fingerprint density at radius 3 is 2.27 bits per heavy atom. The maximum Gasteiger partial charge on any atom is 0.242 e. The lowest BCUT2D eigenvalue weighted by atomic mass is 10.1. The fourth-order valence-corrected chi connectivity index (χ4v) is 4.18. The number of anilines is 2. The molecule has 1 N–H and O–H groups in total. The topological polar surface area (TPSA) is 82.2 Å². The summed E-state index contributed by atoms with van der Waals surface area (Å²) < 4.78 is 18.3. The number of hydrogen-bond donors (Lipinski definition) is 1. The first kappa shape index (κ1) is 22.6. The number of methoxy groups -OCH3 is 1. The SMILES string of the molecule is COc1ccc(N2CCN(C(=O)CNC(=O)[C@H]3CC(=O)N(c4ccc(F)cc4)C3)CC2)cc1. The normalized spacial score (nSPS) is 18.4. The van der Waals surface area contributed by atoms with Crippen molar-refractivity contribution in [2.75, 3.05) is 56.2 Å². The van der Waals surface area contributed by atoms with Crippen molar-refractivity contribution in [1.29, 1.82) is 0 Å². The molecule has 2 heterocycles. The third-order valence-electron chi connectivity index (χ3n) is 6.12. The molecule has 2 aliphatic heterocycles. The Morgan fingerprint density at radius 2 is 1.64 bits per heavy atom. The third kappa shape index (κ3) is 5.24.